The lowest BCUT2D eigenvalue weighted by molar-refractivity contribution is 0.431. The lowest BCUT2D eigenvalue weighted by Gasteiger charge is -2.45. The van der Waals surface area contributed by atoms with Gasteiger partial charge in [-0.1, -0.05) is 64.1 Å². The summed E-state index contributed by atoms with van der Waals surface area (Å²) < 4.78 is 7.02. The first kappa shape index (κ1) is 31.3. The van der Waals surface area contributed by atoms with E-state index in [0.717, 1.165) is 48.1 Å². The second kappa shape index (κ2) is 12.9. The van der Waals surface area contributed by atoms with Gasteiger partial charge in [0.1, 0.15) is 5.58 Å². The van der Waals surface area contributed by atoms with Crippen LogP contribution in [-0.4, -0.2) is 25.1 Å². The molecule has 228 valence electrons. The second-order valence-corrected chi connectivity index (χ2v) is 13.1. The molecule has 3 aromatic carbocycles. The number of rotatable bonds is 2. The van der Waals surface area contributed by atoms with Gasteiger partial charge in [-0.3, -0.25) is 0 Å². The molecule has 0 saturated carbocycles. The summed E-state index contributed by atoms with van der Waals surface area (Å²) in [5.41, 5.74) is 8.39. The normalized spacial score (nSPS) is 17.4. The number of hydrogen-bond acceptors (Lipinski definition) is 6. The van der Waals surface area contributed by atoms with Gasteiger partial charge in [0, 0.05) is 53.4 Å². The van der Waals surface area contributed by atoms with Crippen LogP contribution in [0.2, 0.25) is 0 Å². The number of nitrogens with one attached hydrogen (secondary N) is 1. The highest BCUT2D eigenvalue weighted by Crippen LogP contribution is 2.50. The molecule has 0 amide bonds. The zero-order valence-corrected chi connectivity index (χ0v) is 27.8. The number of terminal acetylenes is 1. The Morgan fingerprint density at radius 3 is 2.59 bits per heavy atom. The first-order valence-corrected chi connectivity index (χ1v) is 16.4. The first-order chi connectivity index (χ1) is 21.2. The van der Waals surface area contributed by atoms with E-state index in [2.05, 4.69) is 105 Å². The maximum Gasteiger partial charge on any atom is 0.338 e. The number of nitrogens with zero attached hydrogens (tertiary/aromatic N) is 2. The van der Waals surface area contributed by atoms with E-state index in [4.69, 9.17) is 4.42 Å². The third kappa shape index (κ3) is 5.50. The summed E-state index contributed by atoms with van der Waals surface area (Å²) in [6.07, 6.45) is 12.4. The molecule has 2 aliphatic rings. The third-order valence-electron chi connectivity index (χ3n) is 8.94. The molecule has 44 heavy (non-hydrogen) atoms. The molecule has 1 unspecified atom stereocenters. The number of aromatic nitrogens is 1. The highest BCUT2D eigenvalue weighted by atomic mass is 32.1. The van der Waals surface area contributed by atoms with Gasteiger partial charge in [-0.2, -0.15) is 0 Å². The average molecular weight is 606 g/mol. The van der Waals surface area contributed by atoms with Crippen LogP contribution >= 0.6 is 11.3 Å². The van der Waals surface area contributed by atoms with Crippen LogP contribution in [0.25, 0.3) is 44.1 Å². The Kier molecular flexibility index (Phi) is 9.18. The Hall–Kier alpha value is -4.08. The maximum absolute atomic E-state index is 12.1. The van der Waals surface area contributed by atoms with Crippen LogP contribution in [0.3, 0.4) is 0 Å². The fourth-order valence-corrected chi connectivity index (χ4v) is 7.62. The van der Waals surface area contributed by atoms with E-state index < -0.39 is 0 Å². The second-order valence-electron chi connectivity index (χ2n) is 12.2. The van der Waals surface area contributed by atoms with Crippen LogP contribution in [0.4, 0.5) is 11.4 Å². The van der Waals surface area contributed by atoms with Crippen LogP contribution in [0, 0.1) is 12.3 Å². The van der Waals surface area contributed by atoms with E-state index in [1.54, 1.807) is 24.3 Å². The van der Waals surface area contributed by atoms with Gasteiger partial charge in [0.15, 0.2) is 0 Å². The van der Waals surface area contributed by atoms with Crippen LogP contribution in [0.1, 0.15) is 77.8 Å². The maximum atomic E-state index is 12.1. The molecule has 0 spiro atoms. The van der Waals surface area contributed by atoms with Crippen molar-refractivity contribution in [1.82, 2.24) is 4.98 Å². The minimum absolute atomic E-state index is 0.0134. The molecular formula is C38H43N3O2S. The molecule has 6 heteroatoms. The highest BCUT2D eigenvalue weighted by Gasteiger charge is 2.39. The summed E-state index contributed by atoms with van der Waals surface area (Å²) in [6.45, 7) is 14.9. The SMILES string of the molecule is C#CC.C/C=c1\c(=C/CC)c2ccccc2c2scnc12.CNc1cc(=O)oc2c3c4c(cc12)C(C)CCN4CCC3(C)C. The predicted molar refractivity (Wildman–Crippen MR) is 191 cm³/mol. The third-order valence-corrected chi connectivity index (χ3v) is 9.80. The fraction of sp³-hybridized carbons (Fsp3) is 0.368. The molecule has 0 radical (unpaired) electrons. The fourth-order valence-electron chi connectivity index (χ4n) is 6.77. The summed E-state index contributed by atoms with van der Waals surface area (Å²) in [5.74, 6) is 2.79. The summed E-state index contributed by atoms with van der Waals surface area (Å²) in [7, 11) is 1.86. The number of thiazole rings is 1. The standard InChI is InChI=1S/C19H24N2O2.C16H15NS.C3H4/c1-11-5-7-21-8-6-19(2,3)16-17(21)12(11)9-13-14(20-4)10-15(22)23-18(13)16;1-3-7-12-11(4-2)15-16(18-10-17-15)14-9-6-5-8-13(12)14;1-3-2/h9-11,20H,5-8H2,1-4H3;4-10H,3H2,1-2H3;1H,2H3/b;11-4+,12-7+;. The molecule has 0 fully saturated rings. The van der Waals surface area contributed by atoms with Crippen molar-refractivity contribution in [2.75, 3.05) is 30.4 Å². The minimum atomic E-state index is -0.283. The molecule has 5 aromatic rings. The van der Waals surface area contributed by atoms with Gasteiger partial charge < -0.3 is 14.6 Å². The Labute approximate surface area is 264 Å². The van der Waals surface area contributed by atoms with Gasteiger partial charge in [0.05, 0.1) is 21.4 Å². The molecule has 2 aromatic heterocycles. The van der Waals surface area contributed by atoms with E-state index >= 15 is 0 Å². The summed E-state index contributed by atoms with van der Waals surface area (Å²) in [6, 6.07) is 12.4. The quantitative estimate of drug-likeness (QED) is 0.164. The van der Waals surface area contributed by atoms with Gasteiger partial charge in [-0.15, -0.1) is 23.7 Å². The number of benzene rings is 3. The van der Waals surface area contributed by atoms with Crippen molar-refractivity contribution in [2.24, 2.45) is 0 Å². The number of fused-ring (bicyclic) bond motifs is 5. The predicted octanol–water partition coefficient (Wildman–Crippen LogP) is 7.91. The summed E-state index contributed by atoms with van der Waals surface area (Å²) in [5, 5.41) is 9.45. The topological polar surface area (TPSA) is 58.4 Å². The molecule has 2 aliphatic heterocycles. The Morgan fingerprint density at radius 1 is 1.18 bits per heavy atom. The van der Waals surface area contributed by atoms with E-state index in [0.29, 0.717) is 5.92 Å². The van der Waals surface area contributed by atoms with Crippen molar-refractivity contribution < 1.29 is 4.42 Å². The number of anilines is 2. The van der Waals surface area contributed by atoms with Crippen LogP contribution < -0.4 is 26.3 Å². The van der Waals surface area contributed by atoms with Gasteiger partial charge in [-0.25, -0.2) is 9.78 Å². The van der Waals surface area contributed by atoms with Crippen LogP contribution in [-0.2, 0) is 5.41 Å². The Morgan fingerprint density at radius 2 is 1.91 bits per heavy atom. The van der Waals surface area contributed by atoms with Gasteiger partial charge in [-0.05, 0) is 66.7 Å². The molecule has 4 heterocycles. The molecule has 1 N–H and O–H groups in total. The van der Waals surface area contributed by atoms with E-state index in [1.165, 1.54) is 49.1 Å². The summed E-state index contributed by atoms with van der Waals surface area (Å²) in [4.78, 5) is 19.1. The van der Waals surface area contributed by atoms with Gasteiger partial charge in [0.25, 0.3) is 0 Å². The molecule has 0 bridgehead atoms. The minimum Gasteiger partial charge on any atom is -0.422 e. The zero-order valence-electron chi connectivity index (χ0n) is 27.0. The van der Waals surface area contributed by atoms with E-state index in [9.17, 15) is 4.79 Å². The van der Waals surface area contributed by atoms with Gasteiger partial charge >= 0.3 is 5.63 Å². The monoisotopic (exact) mass is 605 g/mol. The average Bonchev–Trinajstić information content (AvgIpc) is 3.50. The van der Waals surface area contributed by atoms with Crippen LogP contribution in [0.5, 0.6) is 0 Å². The molecule has 5 nitrogen and oxygen atoms in total. The largest absolute Gasteiger partial charge is 0.422 e. The van der Waals surface area contributed by atoms with Crippen molar-refractivity contribution in [1.29, 1.82) is 0 Å². The van der Waals surface area contributed by atoms with Crippen molar-refractivity contribution in [3.63, 3.8) is 0 Å². The highest BCUT2D eigenvalue weighted by molar-refractivity contribution is 7.17. The molecule has 1 atom stereocenters. The van der Waals surface area contributed by atoms with E-state index in [1.807, 2.05) is 12.6 Å². The van der Waals surface area contributed by atoms with Crippen molar-refractivity contribution in [3.05, 3.63) is 73.9 Å². The lowest BCUT2D eigenvalue weighted by atomic mass is 9.73. The number of hydrogen-bond donors (Lipinski definition) is 1. The van der Waals surface area contributed by atoms with Crippen molar-refractivity contribution in [3.8, 4) is 12.3 Å². The van der Waals surface area contributed by atoms with Crippen molar-refractivity contribution >= 4 is 66.8 Å². The summed E-state index contributed by atoms with van der Waals surface area (Å²) >= 11 is 1.73. The lowest BCUT2D eigenvalue weighted by Crippen LogP contribution is -2.41. The molecule has 7 rings (SSSR count). The van der Waals surface area contributed by atoms with Gasteiger partial charge in [0.2, 0.25) is 0 Å². The Balaban J connectivity index is 0.000000164. The molecule has 0 aliphatic carbocycles. The Bertz CT molecular complexity index is 2060. The molecular weight excluding hydrogens is 563 g/mol. The first-order valence-electron chi connectivity index (χ1n) is 15.6. The smallest absolute Gasteiger partial charge is 0.338 e. The molecule has 0 saturated heterocycles. The van der Waals surface area contributed by atoms with Crippen LogP contribution in [0.15, 0.2) is 51.1 Å². The van der Waals surface area contributed by atoms with E-state index in [-0.39, 0.29) is 11.0 Å². The zero-order chi connectivity index (χ0) is 31.6. The van der Waals surface area contributed by atoms with Crippen molar-refractivity contribution in [2.45, 2.75) is 72.1 Å².